The summed E-state index contributed by atoms with van der Waals surface area (Å²) in [6.45, 7) is 1.72. The summed E-state index contributed by atoms with van der Waals surface area (Å²) < 4.78 is 0. The van der Waals surface area contributed by atoms with Crippen LogP contribution in [0, 0.1) is 0 Å². The molecule has 1 aliphatic rings. The number of rotatable bonds is 0. The maximum Gasteiger partial charge on any atom is 0.414 e. The molecule has 0 saturated heterocycles. The van der Waals surface area contributed by atoms with Crippen molar-refractivity contribution in [3.8, 4) is 0 Å². The van der Waals surface area contributed by atoms with Gasteiger partial charge in [0.15, 0.2) is 0 Å². The van der Waals surface area contributed by atoms with Crippen LogP contribution in [-0.2, 0) is 6.42 Å². The summed E-state index contributed by atoms with van der Waals surface area (Å²) in [4.78, 5) is 26.1. The van der Waals surface area contributed by atoms with E-state index in [0.29, 0.717) is 12.0 Å². The van der Waals surface area contributed by atoms with Gasteiger partial charge in [0.2, 0.25) is 0 Å². The third-order valence-electron chi connectivity index (χ3n) is 2.44. The molecule has 2 N–H and O–H groups in total. The molecule has 1 aromatic rings. The number of hydrogen-bond acceptors (Lipinski definition) is 2. The van der Waals surface area contributed by atoms with Crippen LogP contribution in [0.3, 0.4) is 0 Å². The van der Waals surface area contributed by atoms with Crippen LogP contribution < -0.4 is 0 Å². The molecule has 5 nitrogen and oxygen atoms in total. The lowest BCUT2D eigenvalue weighted by Crippen LogP contribution is -2.46. The molecule has 5 heteroatoms. The number of aromatic amines is 1. The molecule has 74 valence electrons. The highest BCUT2D eigenvalue weighted by Crippen LogP contribution is 2.22. The first-order chi connectivity index (χ1) is 6.61. The van der Waals surface area contributed by atoms with E-state index in [-0.39, 0.29) is 6.04 Å². The highest BCUT2D eigenvalue weighted by molar-refractivity contribution is 6.04. The molecular weight excluding hydrogens is 184 g/mol. The normalized spacial score (nSPS) is 20.8. The van der Waals surface area contributed by atoms with Crippen molar-refractivity contribution in [2.24, 2.45) is 0 Å². The Morgan fingerprint density at radius 2 is 2.36 bits per heavy atom. The number of fused-ring (bicyclic) bond motifs is 1. The van der Waals surface area contributed by atoms with E-state index in [1.165, 1.54) is 0 Å². The van der Waals surface area contributed by atoms with Gasteiger partial charge in [-0.1, -0.05) is 0 Å². The molecule has 0 saturated carbocycles. The van der Waals surface area contributed by atoms with Gasteiger partial charge in [-0.25, -0.2) is 9.69 Å². The average Bonchev–Trinajstić information content (AvgIpc) is 2.50. The fourth-order valence-electron chi connectivity index (χ4n) is 1.78. The van der Waals surface area contributed by atoms with Gasteiger partial charge >= 0.3 is 6.09 Å². The lowest BCUT2D eigenvalue weighted by Gasteiger charge is -2.28. The van der Waals surface area contributed by atoms with E-state index in [1.54, 1.807) is 19.3 Å². The predicted octanol–water partition coefficient (Wildman–Crippen LogP) is 1.08. The van der Waals surface area contributed by atoms with Crippen LogP contribution in [0.2, 0.25) is 0 Å². The molecule has 14 heavy (non-hydrogen) atoms. The van der Waals surface area contributed by atoms with Crippen LogP contribution in [0.1, 0.15) is 22.8 Å². The number of imide groups is 1. The summed E-state index contributed by atoms with van der Waals surface area (Å²) in [6, 6.07) is -0.289. The Labute approximate surface area is 80.3 Å². The number of nitrogens with one attached hydrogen (secondary N) is 1. The lowest BCUT2D eigenvalue weighted by atomic mass is 9.99. The Morgan fingerprint density at radius 3 is 3.00 bits per heavy atom. The highest BCUT2D eigenvalue weighted by atomic mass is 16.4. The van der Waals surface area contributed by atoms with Crippen molar-refractivity contribution in [3.63, 3.8) is 0 Å². The molecule has 0 aliphatic carbocycles. The number of nitrogens with zero attached hydrogens (tertiary/aromatic N) is 1. The van der Waals surface area contributed by atoms with Crippen molar-refractivity contribution in [3.05, 3.63) is 23.5 Å². The van der Waals surface area contributed by atoms with E-state index in [1.807, 2.05) is 0 Å². The number of carboxylic acid groups (broad SMARTS) is 1. The first kappa shape index (κ1) is 8.80. The van der Waals surface area contributed by atoms with Crippen LogP contribution in [0.15, 0.2) is 12.4 Å². The molecule has 1 aliphatic heterocycles. The largest absolute Gasteiger partial charge is 0.465 e. The Kier molecular flexibility index (Phi) is 1.80. The summed E-state index contributed by atoms with van der Waals surface area (Å²) in [5.74, 6) is -0.437. The van der Waals surface area contributed by atoms with E-state index < -0.39 is 12.0 Å². The molecule has 2 heterocycles. The highest BCUT2D eigenvalue weighted by Gasteiger charge is 2.34. The standard InChI is InChI=1S/C9H10N2O3/c1-5-2-6-3-10-4-7(6)8(12)11(5)9(13)14/h3-5,10H,2H2,1H3,(H,13,14). The summed E-state index contributed by atoms with van der Waals surface area (Å²) >= 11 is 0. The van der Waals surface area contributed by atoms with Gasteiger partial charge in [0, 0.05) is 18.4 Å². The van der Waals surface area contributed by atoms with Crippen LogP contribution in [0.25, 0.3) is 0 Å². The molecule has 1 aromatic heterocycles. The molecule has 0 fully saturated rings. The van der Waals surface area contributed by atoms with Crippen LogP contribution in [-0.4, -0.2) is 33.0 Å². The van der Waals surface area contributed by atoms with Crippen LogP contribution >= 0.6 is 0 Å². The van der Waals surface area contributed by atoms with Crippen LogP contribution in [0.4, 0.5) is 4.79 Å². The third-order valence-corrected chi connectivity index (χ3v) is 2.44. The summed E-state index contributed by atoms with van der Waals surface area (Å²) in [6.07, 6.45) is 2.67. The molecule has 1 atom stereocenters. The monoisotopic (exact) mass is 194 g/mol. The average molecular weight is 194 g/mol. The summed E-state index contributed by atoms with van der Waals surface area (Å²) in [5.41, 5.74) is 1.35. The second kappa shape index (κ2) is 2.87. The molecule has 2 amide bonds. The van der Waals surface area contributed by atoms with Gasteiger partial charge in [-0.2, -0.15) is 0 Å². The van der Waals surface area contributed by atoms with Crippen molar-refractivity contribution >= 4 is 12.0 Å². The van der Waals surface area contributed by atoms with Gasteiger partial charge < -0.3 is 10.1 Å². The zero-order valence-corrected chi connectivity index (χ0v) is 7.65. The van der Waals surface area contributed by atoms with Gasteiger partial charge in [-0.05, 0) is 18.9 Å². The fourth-order valence-corrected chi connectivity index (χ4v) is 1.78. The van der Waals surface area contributed by atoms with Gasteiger partial charge in [0.1, 0.15) is 0 Å². The Hall–Kier alpha value is -1.78. The van der Waals surface area contributed by atoms with Gasteiger partial charge in [0.05, 0.1) is 5.56 Å². The molecule has 2 rings (SSSR count). The summed E-state index contributed by atoms with van der Waals surface area (Å²) in [5, 5.41) is 8.84. The minimum atomic E-state index is -1.19. The third kappa shape index (κ3) is 1.09. The minimum absolute atomic E-state index is 0.289. The van der Waals surface area contributed by atoms with Crippen molar-refractivity contribution < 1.29 is 14.7 Å². The zero-order valence-electron chi connectivity index (χ0n) is 7.65. The van der Waals surface area contributed by atoms with E-state index in [4.69, 9.17) is 5.11 Å². The number of carbonyl (C=O) groups is 2. The number of aromatic nitrogens is 1. The van der Waals surface area contributed by atoms with Crippen molar-refractivity contribution in [1.82, 2.24) is 9.88 Å². The number of amides is 2. The van der Waals surface area contributed by atoms with E-state index >= 15 is 0 Å². The van der Waals surface area contributed by atoms with Crippen molar-refractivity contribution in [2.45, 2.75) is 19.4 Å². The smallest absolute Gasteiger partial charge is 0.414 e. The van der Waals surface area contributed by atoms with Crippen LogP contribution in [0.5, 0.6) is 0 Å². The minimum Gasteiger partial charge on any atom is -0.465 e. The Balaban J connectivity index is 2.44. The zero-order chi connectivity index (χ0) is 10.3. The number of hydrogen-bond donors (Lipinski definition) is 2. The van der Waals surface area contributed by atoms with Crippen molar-refractivity contribution in [1.29, 1.82) is 0 Å². The molecule has 1 unspecified atom stereocenters. The van der Waals surface area contributed by atoms with Gasteiger partial charge in [0.25, 0.3) is 5.91 Å². The van der Waals surface area contributed by atoms with E-state index in [2.05, 4.69) is 4.98 Å². The first-order valence-corrected chi connectivity index (χ1v) is 4.33. The van der Waals surface area contributed by atoms with E-state index in [0.717, 1.165) is 10.5 Å². The quantitative estimate of drug-likeness (QED) is 0.649. The molecule has 0 spiro atoms. The summed E-state index contributed by atoms with van der Waals surface area (Å²) in [7, 11) is 0. The topological polar surface area (TPSA) is 73.4 Å². The molecule has 0 radical (unpaired) electrons. The first-order valence-electron chi connectivity index (χ1n) is 4.33. The van der Waals surface area contributed by atoms with Gasteiger partial charge in [-0.15, -0.1) is 0 Å². The number of H-pyrrole nitrogens is 1. The SMILES string of the molecule is CC1Cc2c[nH]cc2C(=O)N1C(=O)O. The maximum atomic E-state index is 11.7. The Bertz CT molecular complexity index is 397. The fraction of sp³-hybridized carbons (Fsp3) is 0.333. The maximum absolute atomic E-state index is 11.7. The second-order valence-corrected chi connectivity index (χ2v) is 3.41. The van der Waals surface area contributed by atoms with Crippen molar-refractivity contribution in [2.75, 3.05) is 0 Å². The molecule has 0 bridgehead atoms. The van der Waals surface area contributed by atoms with Gasteiger partial charge in [-0.3, -0.25) is 4.79 Å². The predicted molar refractivity (Wildman–Crippen MR) is 48.2 cm³/mol. The van der Waals surface area contributed by atoms with E-state index in [9.17, 15) is 9.59 Å². The second-order valence-electron chi connectivity index (χ2n) is 3.41. The lowest BCUT2D eigenvalue weighted by molar-refractivity contribution is 0.0658. The molecular formula is C9H10N2O3. The number of carbonyl (C=O) groups excluding carboxylic acids is 1. The Morgan fingerprint density at radius 1 is 1.64 bits per heavy atom. The molecule has 0 aromatic carbocycles.